The highest BCUT2D eigenvalue weighted by Gasteiger charge is 2.07. The van der Waals surface area contributed by atoms with Crippen LogP contribution in [0.1, 0.15) is 15.9 Å². The SMILES string of the molecule is N#Cc1ccc(C(=O)Nc2cccc(-c3ccn[nH]3)c2)cc1. The van der Waals surface area contributed by atoms with Gasteiger partial charge in [0.1, 0.15) is 0 Å². The van der Waals surface area contributed by atoms with Crippen molar-refractivity contribution in [1.29, 1.82) is 5.26 Å². The van der Waals surface area contributed by atoms with Gasteiger partial charge >= 0.3 is 0 Å². The number of hydrogen-bond donors (Lipinski definition) is 2. The van der Waals surface area contributed by atoms with E-state index in [4.69, 9.17) is 5.26 Å². The Morgan fingerprint density at radius 1 is 1.14 bits per heavy atom. The summed E-state index contributed by atoms with van der Waals surface area (Å²) in [7, 11) is 0. The van der Waals surface area contributed by atoms with Crippen molar-refractivity contribution in [1.82, 2.24) is 10.2 Å². The Kier molecular flexibility index (Phi) is 3.67. The zero-order valence-electron chi connectivity index (χ0n) is 11.6. The van der Waals surface area contributed by atoms with E-state index in [0.717, 1.165) is 11.3 Å². The van der Waals surface area contributed by atoms with Crippen LogP contribution in [0.3, 0.4) is 0 Å². The van der Waals surface area contributed by atoms with Gasteiger partial charge in [-0.15, -0.1) is 0 Å². The van der Waals surface area contributed by atoms with E-state index in [2.05, 4.69) is 15.5 Å². The lowest BCUT2D eigenvalue weighted by Crippen LogP contribution is -2.11. The molecule has 0 saturated carbocycles. The van der Waals surface area contributed by atoms with Crippen LogP contribution >= 0.6 is 0 Å². The molecule has 5 nitrogen and oxygen atoms in total. The lowest BCUT2D eigenvalue weighted by molar-refractivity contribution is 0.102. The van der Waals surface area contributed by atoms with Gasteiger partial charge in [-0.05, 0) is 42.5 Å². The van der Waals surface area contributed by atoms with Gasteiger partial charge < -0.3 is 5.32 Å². The van der Waals surface area contributed by atoms with E-state index in [1.54, 1.807) is 30.5 Å². The van der Waals surface area contributed by atoms with Gasteiger partial charge in [0.2, 0.25) is 0 Å². The number of carbonyl (C=O) groups excluding carboxylic acids is 1. The van der Waals surface area contributed by atoms with Crippen molar-refractivity contribution in [2.24, 2.45) is 0 Å². The molecule has 0 aliphatic carbocycles. The number of nitriles is 1. The number of anilines is 1. The zero-order valence-corrected chi connectivity index (χ0v) is 11.6. The first-order chi connectivity index (χ1) is 10.8. The van der Waals surface area contributed by atoms with Crippen LogP contribution in [0, 0.1) is 11.3 Å². The first-order valence-electron chi connectivity index (χ1n) is 6.67. The number of nitrogens with zero attached hydrogens (tertiary/aromatic N) is 2. The van der Waals surface area contributed by atoms with Gasteiger partial charge in [-0.1, -0.05) is 12.1 Å². The van der Waals surface area contributed by atoms with Crippen LogP contribution in [0.5, 0.6) is 0 Å². The Balaban J connectivity index is 1.79. The highest BCUT2D eigenvalue weighted by molar-refractivity contribution is 6.04. The van der Waals surface area contributed by atoms with Crippen molar-refractivity contribution < 1.29 is 4.79 Å². The van der Waals surface area contributed by atoms with Crippen molar-refractivity contribution in [3.8, 4) is 17.3 Å². The molecule has 0 unspecified atom stereocenters. The molecule has 1 aromatic heterocycles. The number of benzene rings is 2. The second-order valence-corrected chi connectivity index (χ2v) is 4.69. The van der Waals surface area contributed by atoms with E-state index in [0.29, 0.717) is 16.8 Å². The van der Waals surface area contributed by atoms with E-state index in [-0.39, 0.29) is 5.91 Å². The minimum atomic E-state index is -0.216. The predicted molar refractivity (Wildman–Crippen MR) is 83.1 cm³/mol. The molecule has 2 N–H and O–H groups in total. The topological polar surface area (TPSA) is 81.6 Å². The molecular weight excluding hydrogens is 276 g/mol. The second-order valence-electron chi connectivity index (χ2n) is 4.69. The van der Waals surface area contributed by atoms with E-state index in [1.165, 1.54) is 0 Å². The Hall–Kier alpha value is -3.39. The summed E-state index contributed by atoms with van der Waals surface area (Å²) in [5.41, 5.74) is 3.55. The predicted octanol–water partition coefficient (Wildman–Crippen LogP) is 3.20. The third-order valence-corrected chi connectivity index (χ3v) is 3.21. The Morgan fingerprint density at radius 3 is 2.64 bits per heavy atom. The molecule has 0 fully saturated rings. The molecular formula is C17H12N4O. The molecule has 1 heterocycles. The van der Waals surface area contributed by atoms with Crippen molar-refractivity contribution in [2.45, 2.75) is 0 Å². The number of rotatable bonds is 3. The summed E-state index contributed by atoms with van der Waals surface area (Å²) in [4.78, 5) is 12.2. The van der Waals surface area contributed by atoms with Crippen LogP contribution in [0.15, 0.2) is 60.8 Å². The zero-order chi connectivity index (χ0) is 15.4. The first-order valence-corrected chi connectivity index (χ1v) is 6.67. The standard InChI is InChI=1S/C17H12N4O/c18-11-12-4-6-13(7-5-12)17(22)20-15-3-1-2-14(10-15)16-8-9-19-21-16/h1-10H,(H,19,21)(H,20,22). The van der Waals surface area contributed by atoms with Gasteiger partial charge in [0.25, 0.3) is 5.91 Å². The summed E-state index contributed by atoms with van der Waals surface area (Å²) in [5, 5.41) is 18.4. The van der Waals surface area contributed by atoms with Crippen LogP contribution in [-0.4, -0.2) is 16.1 Å². The van der Waals surface area contributed by atoms with Gasteiger partial charge in [-0.2, -0.15) is 10.4 Å². The first kappa shape index (κ1) is 13.6. The quantitative estimate of drug-likeness (QED) is 0.776. The number of nitrogens with one attached hydrogen (secondary N) is 2. The maximum atomic E-state index is 12.2. The summed E-state index contributed by atoms with van der Waals surface area (Å²) in [6.07, 6.45) is 1.68. The summed E-state index contributed by atoms with van der Waals surface area (Å²) in [6, 6.07) is 17.9. The molecule has 0 bridgehead atoms. The van der Waals surface area contributed by atoms with E-state index >= 15 is 0 Å². The average Bonchev–Trinajstić information content (AvgIpc) is 3.10. The van der Waals surface area contributed by atoms with Gasteiger partial charge in [0.05, 0.1) is 17.3 Å². The summed E-state index contributed by atoms with van der Waals surface area (Å²) in [6.45, 7) is 0. The molecule has 2 aromatic carbocycles. The second kappa shape index (κ2) is 5.94. The Bertz CT molecular complexity index is 830. The molecule has 106 valence electrons. The molecule has 0 atom stereocenters. The molecule has 0 radical (unpaired) electrons. The highest BCUT2D eigenvalue weighted by atomic mass is 16.1. The number of aromatic amines is 1. The number of amides is 1. The Morgan fingerprint density at radius 2 is 1.95 bits per heavy atom. The van der Waals surface area contributed by atoms with E-state index in [9.17, 15) is 4.79 Å². The summed E-state index contributed by atoms with van der Waals surface area (Å²) in [5.74, 6) is -0.216. The van der Waals surface area contributed by atoms with Crippen LogP contribution in [0.4, 0.5) is 5.69 Å². The van der Waals surface area contributed by atoms with E-state index < -0.39 is 0 Å². The molecule has 22 heavy (non-hydrogen) atoms. The number of carbonyl (C=O) groups is 1. The molecule has 3 rings (SSSR count). The minimum absolute atomic E-state index is 0.216. The van der Waals surface area contributed by atoms with Crippen molar-refractivity contribution >= 4 is 11.6 Å². The third-order valence-electron chi connectivity index (χ3n) is 3.21. The van der Waals surface area contributed by atoms with Crippen LogP contribution in [0.25, 0.3) is 11.3 Å². The molecule has 0 aliphatic rings. The fraction of sp³-hybridized carbons (Fsp3) is 0. The van der Waals surface area contributed by atoms with E-state index in [1.807, 2.05) is 36.4 Å². The monoisotopic (exact) mass is 288 g/mol. The van der Waals surface area contributed by atoms with Gasteiger partial charge in [-0.3, -0.25) is 9.89 Å². The molecule has 0 saturated heterocycles. The number of hydrogen-bond acceptors (Lipinski definition) is 3. The number of H-pyrrole nitrogens is 1. The van der Waals surface area contributed by atoms with Crippen molar-refractivity contribution in [3.05, 3.63) is 71.9 Å². The van der Waals surface area contributed by atoms with Gasteiger partial charge in [0.15, 0.2) is 0 Å². The van der Waals surface area contributed by atoms with Crippen LogP contribution in [0.2, 0.25) is 0 Å². The number of aromatic nitrogens is 2. The fourth-order valence-corrected chi connectivity index (χ4v) is 2.08. The van der Waals surface area contributed by atoms with Crippen LogP contribution < -0.4 is 5.32 Å². The highest BCUT2D eigenvalue weighted by Crippen LogP contribution is 2.20. The minimum Gasteiger partial charge on any atom is -0.322 e. The van der Waals surface area contributed by atoms with Crippen molar-refractivity contribution in [2.75, 3.05) is 5.32 Å². The molecule has 0 spiro atoms. The maximum Gasteiger partial charge on any atom is 0.255 e. The maximum absolute atomic E-state index is 12.2. The summed E-state index contributed by atoms with van der Waals surface area (Å²) >= 11 is 0. The molecule has 1 amide bonds. The Labute approximate surface area is 127 Å². The van der Waals surface area contributed by atoms with Crippen molar-refractivity contribution in [3.63, 3.8) is 0 Å². The largest absolute Gasteiger partial charge is 0.322 e. The average molecular weight is 288 g/mol. The lowest BCUT2D eigenvalue weighted by Gasteiger charge is -2.07. The molecule has 0 aliphatic heterocycles. The normalized spacial score (nSPS) is 9.95. The third kappa shape index (κ3) is 2.86. The fourth-order valence-electron chi connectivity index (χ4n) is 2.08. The lowest BCUT2D eigenvalue weighted by atomic mass is 10.1. The molecule has 5 heteroatoms. The molecule has 3 aromatic rings. The summed E-state index contributed by atoms with van der Waals surface area (Å²) < 4.78 is 0. The van der Waals surface area contributed by atoms with Gasteiger partial charge in [0, 0.05) is 23.0 Å². The van der Waals surface area contributed by atoms with Crippen LogP contribution in [-0.2, 0) is 0 Å². The van der Waals surface area contributed by atoms with Gasteiger partial charge in [-0.25, -0.2) is 0 Å². The smallest absolute Gasteiger partial charge is 0.255 e.